The lowest BCUT2D eigenvalue weighted by Gasteiger charge is -2.53. The largest absolute Gasteiger partial charge is 0.508 e. The van der Waals surface area contributed by atoms with E-state index in [1.54, 1.807) is 12.1 Å². The molecule has 2 atom stereocenters. The van der Waals surface area contributed by atoms with Crippen LogP contribution < -0.4 is 0 Å². The van der Waals surface area contributed by atoms with Gasteiger partial charge in [-0.1, -0.05) is 60.7 Å². The van der Waals surface area contributed by atoms with Crippen molar-refractivity contribution in [3.05, 3.63) is 113 Å². The number of hydrogen-bond acceptors (Lipinski definition) is 2. The van der Waals surface area contributed by atoms with Crippen molar-refractivity contribution in [2.45, 2.75) is 31.7 Å². The summed E-state index contributed by atoms with van der Waals surface area (Å²) >= 11 is 0. The lowest BCUT2D eigenvalue weighted by molar-refractivity contribution is 0.124. The standard InChI is InChI=1S/C26H26FNO/c1-2-24-25(20-10-14-22(27)15-11-20)26(21-12-16-23(29)17-13-21)28(24)18-6-9-19-7-4-3-5-8-19/h2-5,7-8,10-17,25-26,29H,6,9,18H2,1H3/b24-2-/t25-,26-/m0/s1. The molecule has 2 nitrogen and oxygen atoms in total. The van der Waals surface area contributed by atoms with Crippen molar-refractivity contribution >= 4 is 0 Å². The molecule has 0 unspecified atom stereocenters. The van der Waals surface area contributed by atoms with E-state index in [1.165, 1.54) is 29.0 Å². The number of hydrogen-bond donors (Lipinski definition) is 1. The summed E-state index contributed by atoms with van der Waals surface area (Å²) in [7, 11) is 0. The molecule has 0 aliphatic carbocycles. The van der Waals surface area contributed by atoms with E-state index < -0.39 is 0 Å². The first-order valence-electron chi connectivity index (χ1n) is 10.2. The van der Waals surface area contributed by atoms with Crippen LogP contribution in [-0.4, -0.2) is 16.6 Å². The number of aryl methyl sites for hydroxylation is 1. The Morgan fingerprint density at radius 2 is 1.55 bits per heavy atom. The van der Waals surface area contributed by atoms with Gasteiger partial charge in [0.1, 0.15) is 11.6 Å². The molecule has 0 spiro atoms. The van der Waals surface area contributed by atoms with E-state index in [1.807, 2.05) is 30.3 Å². The normalized spacial score (nSPS) is 19.9. The molecule has 1 aliphatic rings. The lowest BCUT2D eigenvalue weighted by Crippen LogP contribution is -2.46. The highest BCUT2D eigenvalue weighted by atomic mass is 19.1. The monoisotopic (exact) mass is 387 g/mol. The maximum absolute atomic E-state index is 13.5. The van der Waals surface area contributed by atoms with Gasteiger partial charge in [-0.15, -0.1) is 0 Å². The van der Waals surface area contributed by atoms with Crippen LogP contribution in [0.4, 0.5) is 4.39 Å². The molecule has 0 amide bonds. The first-order chi connectivity index (χ1) is 14.2. The highest BCUT2D eigenvalue weighted by Gasteiger charge is 2.44. The van der Waals surface area contributed by atoms with Gasteiger partial charge in [0, 0.05) is 18.2 Å². The van der Waals surface area contributed by atoms with E-state index in [0.29, 0.717) is 0 Å². The van der Waals surface area contributed by atoms with Crippen molar-refractivity contribution in [3.8, 4) is 5.75 Å². The topological polar surface area (TPSA) is 23.5 Å². The molecule has 3 aromatic carbocycles. The molecule has 1 heterocycles. The predicted octanol–water partition coefficient (Wildman–Crippen LogP) is 6.21. The summed E-state index contributed by atoms with van der Waals surface area (Å²) in [5.74, 6) is 0.256. The first-order valence-corrected chi connectivity index (χ1v) is 10.2. The number of allylic oxidation sites excluding steroid dienone is 1. The number of phenolic OH excluding ortho intramolecular Hbond substituents is 1. The van der Waals surface area contributed by atoms with E-state index in [9.17, 15) is 9.50 Å². The quantitative estimate of drug-likeness (QED) is 0.544. The molecular weight excluding hydrogens is 361 g/mol. The molecule has 0 bridgehead atoms. The second kappa shape index (κ2) is 8.52. The third-order valence-corrected chi connectivity index (χ3v) is 5.77. The fourth-order valence-corrected chi connectivity index (χ4v) is 4.38. The summed E-state index contributed by atoms with van der Waals surface area (Å²) in [6.07, 6.45) is 4.28. The number of benzene rings is 3. The Balaban J connectivity index is 1.58. The molecule has 1 saturated heterocycles. The Hall–Kier alpha value is -3.07. The Morgan fingerprint density at radius 3 is 2.21 bits per heavy atom. The van der Waals surface area contributed by atoms with Crippen LogP contribution in [0, 0.1) is 5.82 Å². The zero-order valence-electron chi connectivity index (χ0n) is 16.6. The minimum absolute atomic E-state index is 0.183. The second-order valence-electron chi connectivity index (χ2n) is 7.56. The van der Waals surface area contributed by atoms with Gasteiger partial charge in [0.05, 0.1) is 6.04 Å². The zero-order chi connectivity index (χ0) is 20.2. The van der Waals surface area contributed by atoms with Gasteiger partial charge in [-0.25, -0.2) is 4.39 Å². The van der Waals surface area contributed by atoms with Gasteiger partial charge in [0.2, 0.25) is 0 Å². The molecule has 29 heavy (non-hydrogen) atoms. The maximum Gasteiger partial charge on any atom is 0.123 e. The Labute approximate surface area is 171 Å². The fourth-order valence-electron chi connectivity index (χ4n) is 4.38. The smallest absolute Gasteiger partial charge is 0.123 e. The van der Waals surface area contributed by atoms with Crippen molar-refractivity contribution in [2.75, 3.05) is 6.54 Å². The minimum atomic E-state index is -0.212. The van der Waals surface area contributed by atoms with Crippen molar-refractivity contribution in [2.24, 2.45) is 0 Å². The fraction of sp³-hybridized carbons (Fsp3) is 0.231. The van der Waals surface area contributed by atoms with E-state index in [-0.39, 0.29) is 23.5 Å². The maximum atomic E-state index is 13.5. The van der Waals surface area contributed by atoms with Crippen molar-refractivity contribution in [3.63, 3.8) is 0 Å². The predicted molar refractivity (Wildman–Crippen MR) is 115 cm³/mol. The van der Waals surface area contributed by atoms with Gasteiger partial charge in [0.25, 0.3) is 0 Å². The Morgan fingerprint density at radius 1 is 0.897 bits per heavy atom. The molecule has 1 fully saturated rings. The van der Waals surface area contributed by atoms with Gasteiger partial charge >= 0.3 is 0 Å². The summed E-state index contributed by atoms with van der Waals surface area (Å²) in [6, 6.07) is 25.1. The van der Waals surface area contributed by atoms with Gasteiger partial charge in [-0.05, 0) is 60.7 Å². The van der Waals surface area contributed by atoms with Crippen LogP contribution in [0.25, 0.3) is 0 Å². The van der Waals surface area contributed by atoms with Crippen LogP contribution in [0.2, 0.25) is 0 Å². The van der Waals surface area contributed by atoms with E-state index in [2.05, 4.69) is 42.2 Å². The molecular formula is C26H26FNO. The summed E-state index contributed by atoms with van der Waals surface area (Å²) in [5, 5.41) is 9.71. The average Bonchev–Trinajstić information content (AvgIpc) is 2.74. The molecule has 0 radical (unpaired) electrons. The molecule has 1 aliphatic heterocycles. The zero-order valence-corrected chi connectivity index (χ0v) is 16.6. The summed E-state index contributed by atoms with van der Waals surface area (Å²) in [6.45, 7) is 3.03. The van der Waals surface area contributed by atoms with Crippen LogP contribution in [0.1, 0.15) is 42.0 Å². The Bertz CT molecular complexity index is 964. The number of phenols is 1. The first kappa shape index (κ1) is 19.3. The number of halogens is 1. The highest BCUT2D eigenvalue weighted by molar-refractivity contribution is 5.43. The SMILES string of the molecule is C/C=C1/[C@H](c2ccc(F)cc2)[C@H](c2ccc(O)cc2)N1CCCc1ccccc1. The number of aromatic hydroxyl groups is 1. The van der Waals surface area contributed by atoms with E-state index in [4.69, 9.17) is 0 Å². The molecule has 4 rings (SSSR count). The molecule has 1 N–H and O–H groups in total. The lowest BCUT2D eigenvalue weighted by atomic mass is 9.75. The molecule has 0 saturated carbocycles. The van der Waals surface area contributed by atoms with Gasteiger partial charge < -0.3 is 10.0 Å². The summed E-state index contributed by atoms with van der Waals surface area (Å²) < 4.78 is 13.5. The van der Waals surface area contributed by atoms with Crippen molar-refractivity contribution < 1.29 is 9.50 Å². The van der Waals surface area contributed by atoms with Crippen LogP contribution >= 0.6 is 0 Å². The van der Waals surface area contributed by atoms with Crippen LogP contribution in [0.5, 0.6) is 5.75 Å². The molecule has 148 valence electrons. The number of nitrogens with zero attached hydrogens (tertiary/aromatic N) is 1. The van der Waals surface area contributed by atoms with Crippen LogP contribution in [-0.2, 0) is 6.42 Å². The van der Waals surface area contributed by atoms with Crippen LogP contribution in [0.15, 0.2) is 90.6 Å². The van der Waals surface area contributed by atoms with Gasteiger partial charge in [0.15, 0.2) is 0 Å². The third kappa shape index (κ3) is 4.04. The van der Waals surface area contributed by atoms with Crippen LogP contribution in [0.3, 0.4) is 0 Å². The van der Waals surface area contributed by atoms with Gasteiger partial charge in [-0.2, -0.15) is 0 Å². The minimum Gasteiger partial charge on any atom is -0.508 e. The van der Waals surface area contributed by atoms with Gasteiger partial charge in [-0.3, -0.25) is 0 Å². The Kier molecular flexibility index (Phi) is 5.66. The molecule has 3 aromatic rings. The van der Waals surface area contributed by atoms with Crippen molar-refractivity contribution in [1.82, 2.24) is 4.90 Å². The number of likely N-dealkylation sites (tertiary alicyclic amines) is 1. The highest BCUT2D eigenvalue weighted by Crippen LogP contribution is 2.53. The van der Waals surface area contributed by atoms with E-state index in [0.717, 1.165) is 24.9 Å². The molecule has 0 aromatic heterocycles. The third-order valence-electron chi connectivity index (χ3n) is 5.77. The molecule has 3 heteroatoms. The van der Waals surface area contributed by atoms with E-state index >= 15 is 0 Å². The van der Waals surface area contributed by atoms with Crippen molar-refractivity contribution in [1.29, 1.82) is 0 Å². The summed E-state index contributed by atoms with van der Waals surface area (Å²) in [5.41, 5.74) is 4.92. The summed E-state index contributed by atoms with van der Waals surface area (Å²) in [4.78, 5) is 2.45. The number of rotatable bonds is 6. The average molecular weight is 387 g/mol. The second-order valence-corrected chi connectivity index (χ2v) is 7.56.